The van der Waals surface area contributed by atoms with Crippen LogP contribution in [0, 0.1) is 16.0 Å². The summed E-state index contributed by atoms with van der Waals surface area (Å²) in [4.78, 5) is 34.1. The van der Waals surface area contributed by atoms with Crippen molar-refractivity contribution in [1.82, 2.24) is 9.13 Å². The van der Waals surface area contributed by atoms with Gasteiger partial charge in [-0.2, -0.15) is 0 Å². The van der Waals surface area contributed by atoms with E-state index >= 15 is 0 Å². The van der Waals surface area contributed by atoms with Gasteiger partial charge in [0.05, 0.1) is 11.1 Å². The van der Waals surface area contributed by atoms with Crippen LogP contribution in [0.4, 0.5) is 5.69 Å². The molecule has 19 heavy (non-hydrogen) atoms. The maximum Gasteiger partial charge on any atom is 0.350 e. The van der Waals surface area contributed by atoms with Crippen LogP contribution in [0.3, 0.4) is 0 Å². The Balaban J connectivity index is 3.44. The van der Waals surface area contributed by atoms with Gasteiger partial charge in [-0.3, -0.25) is 24.0 Å². The second kappa shape index (κ2) is 6.65. The number of aryl methyl sites for hydroxylation is 1. The van der Waals surface area contributed by atoms with Gasteiger partial charge in [-0.05, 0) is 12.8 Å². The highest BCUT2D eigenvalue weighted by Gasteiger charge is 2.20. The molecule has 0 bridgehead atoms. The summed E-state index contributed by atoms with van der Waals surface area (Å²) < 4.78 is 2.14. The van der Waals surface area contributed by atoms with Crippen LogP contribution in [-0.4, -0.2) is 19.4 Å². The molecule has 0 spiro atoms. The standard InChI is InChI=1S/C11H16BrN3O4/c1-3-8(5-12)6-14-10(16)9(15(18)19)7-13(4-2)11(14)17/h7-8H,3-6H2,1-2H3. The molecule has 0 saturated heterocycles. The zero-order chi connectivity index (χ0) is 14.6. The van der Waals surface area contributed by atoms with Crippen molar-refractivity contribution in [2.45, 2.75) is 33.4 Å². The predicted molar refractivity (Wildman–Crippen MR) is 74.9 cm³/mol. The van der Waals surface area contributed by atoms with Gasteiger partial charge in [0.1, 0.15) is 0 Å². The van der Waals surface area contributed by atoms with Crippen molar-refractivity contribution >= 4 is 21.6 Å². The number of halogens is 1. The highest BCUT2D eigenvalue weighted by molar-refractivity contribution is 9.09. The zero-order valence-corrected chi connectivity index (χ0v) is 12.4. The minimum atomic E-state index is -0.834. The quantitative estimate of drug-likeness (QED) is 0.446. The van der Waals surface area contributed by atoms with E-state index < -0.39 is 21.9 Å². The lowest BCUT2D eigenvalue weighted by Crippen LogP contribution is -2.41. The predicted octanol–water partition coefficient (Wildman–Crippen LogP) is 1.36. The molecule has 0 fully saturated rings. The Kier molecular flexibility index (Phi) is 5.46. The lowest BCUT2D eigenvalue weighted by molar-refractivity contribution is -0.387. The van der Waals surface area contributed by atoms with Crippen molar-refractivity contribution in [2.24, 2.45) is 5.92 Å². The van der Waals surface area contributed by atoms with Crippen molar-refractivity contribution in [3.63, 3.8) is 0 Å². The third kappa shape index (κ3) is 3.31. The molecule has 0 amide bonds. The molecule has 8 heteroatoms. The van der Waals surface area contributed by atoms with Gasteiger partial charge in [-0.1, -0.05) is 29.3 Å². The highest BCUT2D eigenvalue weighted by Crippen LogP contribution is 2.09. The van der Waals surface area contributed by atoms with Crippen molar-refractivity contribution in [3.8, 4) is 0 Å². The van der Waals surface area contributed by atoms with Crippen molar-refractivity contribution in [1.29, 1.82) is 0 Å². The van der Waals surface area contributed by atoms with Crippen LogP contribution < -0.4 is 11.2 Å². The summed E-state index contributed by atoms with van der Waals surface area (Å²) >= 11 is 3.31. The molecule has 0 aliphatic carbocycles. The molecule has 1 heterocycles. The molecule has 1 rings (SSSR count). The highest BCUT2D eigenvalue weighted by atomic mass is 79.9. The maximum atomic E-state index is 12.1. The first-order valence-corrected chi connectivity index (χ1v) is 7.12. The van der Waals surface area contributed by atoms with E-state index in [-0.39, 0.29) is 19.0 Å². The molecule has 106 valence electrons. The van der Waals surface area contributed by atoms with Crippen LogP contribution in [0.1, 0.15) is 20.3 Å². The smallest absolute Gasteiger partial charge is 0.294 e. The largest absolute Gasteiger partial charge is 0.350 e. The van der Waals surface area contributed by atoms with Crippen LogP contribution >= 0.6 is 15.9 Å². The van der Waals surface area contributed by atoms with E-state index in [1.807, 2.05) is 6.92 Å². The first-order valence-electron chi connectivity index (χ1n) is 6.00. The molecule has 7 nitrogen and oxygen atoms in total. The van der Waals surface area contributed by atoms with Gasteiger partial charge >= 0.3 is 16.9 Å². The number of nitro groups is 1. The van der Waals surface area contributed by atoms with Gasteiger partial charge < -0.3 is 0 Å². The molecule has 0 aliphatic rings. The van der Waals surface area contributed by atoms with E-state index in [9.17, 15) is 19.7 Å². The summed E-state index contributed by atoms with van der Waals surface area (Å²) in [6.45, 7) is 4.10. The van der Waals surface area contributed by atoms with Gasteiger partial charge in [0.25, 0.3) is 0 Å². The fraction of sp³-hybridized carbons (Fsp3) is 0.636. The van der Waals surface area contributed by atoms with Gasteiger partial charge in [0.15, 0.2) is 0 Å². The molecule has 0 saturated carbocycles. The van der Waals surface area contributed by atoms with Crippen LogP contribution in [0.25, 0.3) is 0 Å². The lowest BCUT2D eigenvalue weighted by atomic mass is 10.1. The van der Waals surface area contributed by atoms with Gasteiger partial charge in [0.2, 0.25) is 0 Å². The zero-order valence-electron chi connectivity index (χ0n) is 10.8. The SMILES string of the molecule is CCC(CBr)Cn1c(=O)c([N+](=O)[O-])cn(CC)c1=O. The third-order valence-electron chi connectivity index (χ3n) is 2.99. The average molecular weight is 334 g/mol. The monoisotopic (exact) mass is 333 g/mol. The van der Waals surface area contributed by atoms with E-state index in [1.165, 1.54) is 4.57 Å². The Bertz CT molecular complexity index is 574. The van der Waals surface area contributed by atoms with Crippen molar-refractivity contribution in [2.75, 3.05) is 5.33 Å². The third-order valence-corrected chi connectivity index (χ3v) is 3.91. The van der Waals surface area contributed by atoms with Crippen LogP contribution in [-0.2, 0) is 13.1 Å². The topological polar surface area (TPSA) is 87.1 Å². The number of nitrogens with zero attached hydrogens (tertiary/aromatic N) is 3. The molecule has 1 aromatic rings. The minimum Gasteiger partial charge on any atom is -0.294 e. The molecule has 0 aromatic carbocycles. The van der Waals surface area contributed by atoms with E-state index in [2.05, 4.69) is 15.9 Å². The van der Waals surface area contributed by atoms with Crippen LogP contribution in [0.5, 0.6) is 0 Å². The van der Waals surface area contributed by atoms with Crippen molar-refractivity contribution < 1.29 is 4.92 Å². The summed E-state index contributed by atoms with van der Waals surface area (Å²) in [5.41, 5.74) is -1.90. The summed E-state index contributed by atoms with van der Waals surface area (Å²) in [5.74, 6) is 0.0812. The van der Waals surface area contributed by atoms with Crippen molar-refractivity contribution in [3.05, 3.63) is 37.1 Å². The second-order valence-corrected chi connectivity index (χ2v) is 4.83. The van der Waals surface area contributed by atoms with E-state index in [1.54, 1.807) is 6.92 Å². The normalized spacial score (nSPS) is 12.4. The van der Waals surface area contributed by atoms with Crippen LogP contribution in [0.15, 0.2) is 15.8 Å². The summed E-state index contributed by atoms with van der Waals surface area (Å²) in [6.07, 6.45) is 1.78. The molecule has 0 aliphatic heterocycles. The van der Waals surface area contributed by atoms with Gasteiger partial charge in [-0.15, -0.1) is 0 Å². The second-order valence-electron chi connectivity index (χ2n) is 4.18. The molecular weight excluding hydrogens is 318 g/mol. The Hall–Kier alpha value is -1.44. The Morgan fingerprint density at radius 1 is 1.42 bits per heavy atom. The molecule has 1 aromatic heterocycles. The number of aromatic nitrogens is 2. The fourth-order valence-electron chi connectivity index (χ4n) is 1.70. The van der Waals surface area contributed by atoms with E-state index in [4.69, 9.17) is 0 Å². The van der Waals surface area contributed by atoms with Crippen LogP contribution in [0.2, 0.25) is 0 Å². The van der Waals surface area contributed by atoms with Gasteiger partial charge in [0, 0.05) is 18.4 Å². The summed E-state index contributed by atoms with van der Waals surface area (Å²) in [7, 11) is 0. The summed E-state index contributed by atoms with van der Waals surface area (Å²) in [6, 6.07) is 0. The Morgan fingerprint density at radius 3 is 2.47 bits per heavy atom. The molecule has 1 atom stereocenters. The molecule has 0 N–H and O–H groups in total. The lowest BCUT2D eigenvalue weighted by Gasteiger charge is -2.14. The van der Waals surface area contributed by atoms with Gasteiger partial charge in [-0.25, -0.2) is 4.79 Å². The minimum absolute atomic E-state index is 0.0812. The number of hydrogen-bond donors (Lipinski definition) is 0. The number of rotatable bonds is 6. The number of hydrogen-bond acceptors (Lipinski definition) is 4. The molecule has 1 unspecified atom stereocenters. The van der Waals surface area contributed by atoms with E-state index in [0.29, 0.717) is 5.33 Å². The molecular formula is C11H16BrN3O4. The molecule has 0 radical (unpaired) electrons. The summed E-state index contributed by atoms with van der Waals surface area (Å²) in [5, 5.41) is 11.5. The first-order chi connectivity index (χ1) is 8.96. The average Bonchev–Trinajstić information content (AvgIpc) is 2.39. The Morgan fingerprint density at radius 2 is 2.05 bits per heavy atom. The van der Waals surface area contributed by atoms with E-state index in [0.717, 1.165) is 17.2 Å². The number of alkyl halides is 1. The first kappa shape index (κ1) is 15.6. The maximum absolute atomic E-state index is 12.1. The fourth-order valence-corrected chi connectivity index (χ4v) is 2.36. The Labute approximate surface area is 118 Å².